The van der Waals surface area contributed by atoms with Gasteiger partial charge in [-0.15, -0.1) is 0 Å². The maximum absolute atomic E-state index is 13.4. The standard InChI is InChI=1S/C14H13F4N3/c1-7(2)11-6-12(19)21-13(20-11)8-3-9(14(16,17)18)5-10(15)4-8/h3-7H,1-2H3,(H2,19,20,21). The Labute approximate surface area is 118 Å². The van der Waals surface area contributed by atoms with Gasteiger partial charge in [-0.25, -0.2) is 14.4 Å². The topological polar surface area (TPSA) is 51.8 Å². The molecular weight excluding hydrogens is 286 g/mol. The molecule has 2 rings (SSSR count). The molecule has 0 saturated heterocycles. The Balaban J connectivity index is 2.59. The molecule has 21 heavy (non-hydrogen) atoms. The van der Waals surface area contributed by atoms with Crippen molar-refractivity contribution >= 4 is 5.82 Å². The minimum Gasteiger partial charge on any atom is -0.384 e. The van der Waals surface area contributed by atoms with E-state index in [1.165, 1.54) is 6.07 Å². The Bertz CT molecular complexity index is 666. The number of alkyl halides is 3. The van der Waals surface area contributed by atoms with Gasteiger partial charge in [-0.1, -0.05) is 13.8 Å². The van der Waals surface area contributed by atoms with Crippen LogP contribution in [0.25, 0.3) is 11.4 Å². The molecule has 0 unspecified atom stereocenters. The first-order valence-corrected chi connectivity index (χ1v) is 6.19. The summed E-state index contributed by atoms with van der Waals surface area (Å²) in [4.78, 5) is 8.03. The summed E-state index contributed by atoms with van der Waals surface area (Å²) in [6.07, 6.45) is -4.64. The van der Waals surface area contributed by atoms with E-state index in [1.54, 1.807) is 0 Å². The van der Waals surface area contributed by atoms with Gasteiger partial charge in [0.25, 0.3) is 0 Å². The lowest BCUT2D eigenvalue weighted by Crippen LogP contribution is -2.07. The SMILES string of the molecule is CC(C)c1cc(N)nc(-c2cc(F)cc(C(F)(F)F)c2)n1. The van der Waals surface area contributed by atoms with E-state index in [4.69, 9.17) is 5.73 Å². The highest BCUT2D eigenvalue weighted by atomic mass is 19.4. The van der Waals surface area contributed by atoms with Crippen LogP contribution in [0.5, 0.6) is 0 Å². The molecule has 1 aromatic carbocycles. The number of halogens is 4. The van der Waals surface area contributed by atoms with Gasteiger partial charge in [0, 0.05) is 17.3 Å². The van der Waals surface area contributed by atoms with E-state index in [1.807, 2.05) is 13.8 Å². The van der Waals surface area contributed by atoms with Crippen molar-refractivity contribution < 1.29 is 17.6 Å². The van der Waals surface area contributed by atoms with Gasteiger partial charge in [-0.05, 0) is 24.1 Å². The normalized spacial score (nSPS) is 12.0. The summed E-state index contributed by atoms with van der Waals surface area (Å²) in [7, 11) is 0. The lowest BCUT2D eigenvalue weighted by Gasteiger charge is -2.11. The zero-order chi connectivity index (χ0) is 15.8. The number of hydrogen-bond acceptors (Lipinski definition) is 3. The summed E-state index contributed by atoms with van der Waals surface area (Å²) in [5.74, 6) is -0.883. The third-order valence-corrected chi connectivity index (χ3v) is 2.84. The second-order valence-electron chi connectivity index (χ2n) is 4.92. The first-order valence-electron chi connectivity index (χ1n) is 6.19. The molecule has 0 saturated carbocycles. The second-order valence-corrected chi connectivity index (χ2v) is 4.92. The van der Waals surface area contributed by atoms with Crippen LogP contribution in [0.1, 0.15) is 31.0 Å². The Morgan fingerprint density at radius 3 is 2.29 bits per heavy atom. The summed E-state index contributed by atoms with van der Waals surface area (Å²) in [5, 5.41) is 0. The van der Waals surface area contributed by atoms with Crippen molar-refractivity contribution in [3.05, 3.63) is 41.3 Å². The van der Waals surface area contributed by atoms with Crippen molar-refractivity contribution in [2.75, 3.05) is 5.73 Å². The summed E-state index contributed by atoms with van der Waals surface area (Å²) in [5.41, 5.74) is 5.06. The van der Waals surface area contributed by atoms with E-state index >= 15 is 0 Å². The molecular formula is C14H13F4N3. The third-order valence-electron chi connectivity index (χ3n) is 2.84. The van der Waals surface area contributed by atoms with Crippen molar-refractivity contribution in [3.63, 3.8) is 0 Å². The number of nitrogens with zero attached hydrogens (tertiary/aromatic N) is 2. The van der Waals surface area contributed by atoms with Crippen molar-refractivity contribution in [2.24, 2.45) is 0 Å². The molecule has 0 aliphatic heterocycles. The molecule has 112 valence electrons. The molecule has 1 aromatic heterocycles. The molecule has 0 radical (unpaired) electrons. The first kappa shape index (κ1) is 15.2. The fourth-order valence-electron chi connectivity index (χ4n) is 1.79. The highest BCUT2D eigenvalue weighted by Gasteiger charge is 2.31. The van der Waals surface area contributed by atoms with E-state index in [0.29, 0.717) is 11.8 Å². The van der Waals surface area contributed by atoms with Crippen LogP contribution in [0, 0.1) is 5.82 Å². The lowest BCUT2D eigenvalue weighted by molar-refractivity contribution is -0.137. The Hall–Kier alpha value is -2.18. The highest BCUT2D eigenvalue weighted by Crippen LogP contribution is 2.32. The third kappa shape index (κ3) is 3.48. The smallest absolute Gasteiger partial charge is 0.384 e. The van der Waals surface area contributed by atoms with E-state index < -0.39 is 17.6 Å². The molecule has 3 nitrogen and oxygen atoms in total. The molecule has 0 atom stereocenters. The average molecular weight is 299 g/mol. The fraction of sp³-hybridized carbons (Fsp3) is 0.286. The summed E-state index contributed by atoms with van der Waals surface area (Å²) in [6.45, 7) is 3.72. The van der Waals surface area contributed by atoms with Gasteiger partial charge >= 0.3 is 6.18 Å². The highest BCUT2D eigenvalue weighted by molar-refractivity contribution is 5.58. The van der Waals surface area contributed by atoms with Crippen LogP contribution in [0.3, 0.4) is 0 Å². The van der Waals surface area contributed by atoms with Gasteiger partial charge in [0.15, 0.2) is 5.82 Å². The average Bonchev–Trinajstić information content (AvgIpc) is 2.36. The fourth-order valence-corrected chi connectivity index (χ4v) is 1.79. The van der Waals surface area contributed by atoms with Gasteiger partial charge in [0.2, 0.25) is 0 Å². The predicted molar refractivity (Wildman–Crippen MR) is 70.9 cm³/mol. The molecule has 0 aliphatic rings. The number of rotatable bonds is 2. The Kier molecular flexibility index (Phi) is 3.85. The molecule has 2 aromatic rings. The summed E-state index contributed by atoms with van der Waals surface area (Å²) < 4.78 is 51.6. The molecule has 0 amide bonds. The number of nitrogens with two attached hydrogens (primary N) is 1. The molecule has 1 heterocycles. The molecule has 2 N–H and O–H groups in total. The van der Waals surface area contributed by atoms with Gasteiger partial charge in [0.1, 0.15) is 11.6 Å². The number of hydrogen-bond donors (Lipinski definition) is 1. The molecule has 7 heteroatoms. The maximum Gasteiger partial charge on any atom is 0.416 e. The van der Waals surface area contributed by atoms with E-state index in [2.05, 4.69) is 9.97 Å². The van der Waals surface area contributed by atoms with Crippen LogP contribution < -0.4 is 5.73 Å². The second kappa shape index (κ2) is 5.31. The monoisotopic (exact) mass is 299 g/mol. The van der Waals surface area contributed by atoms with Crippen molar-refractivity contribution in [3.8, 4) is 11.4 Å². The molecule has 0 fully saturated rings. The van der Waals surface area contributed by atoms with Crippen LogP contribution in [0.4, 0.5) is 23.4 Å². The molecule has 0 aliphatic carbocycles. The van der Waals surface area contributed by atoms with Crippen LogP contribution >= 0.6 is 0 Å². The Morgan fingerprint density at radius 1 is 1.05 bits per heavy atom. The largest absolute Gasteiger partial charge is 0.416 e. The van der Waals surface area contributed by atoms with Gasteiger partial charge in [-0.3, -0.25) is 0 Å². The molecule has 0 spiro atoms. The number of aromatic nitrogens is 2. The van der Waals surface area contributed by atoms with E-state index in [0.717, 1.165) is 12.1 Å². The number of nitrogen functional groups attached to an aromatic ring is 1. The minimum absolute atomic E-state index is 0.0182. The lowest BCUT2D eigenvalue weighted by atomic mass is 10.1. The van der Waals surface area contributed by atoms with Crippen LogP contribution in [-0.2, 0) is 6.18 Å². The van der Waals surface area contributed by atoms with E-state index in [-0.39, 0.29) is 23.1 Å². The molecule has 0 bridgehead atoms. The zero-order valence-corrected chi connectivity index (χ0v) is 11.4. The van der Waals surface area contributed by atoms with Crippen LogP contribution in [-0.4, -0.2) is 9.97 Å². The summed E-state index contributed by atoms with van der Waals surface area (Å²) >= 11 is 0. The maximum atomic E-state index is 13.4. The number of anilines is 1. The van der Waals surface area contributed by atoms with Gasteiger partial charge in [-0.2, -0.15) is 13.2 Å². The van der Waals surface area contributed by atoms with Crippen molar-refractivity contribution in [1.82, 2.24) is 9.97 Å². The van der Waals surface area contributed by atoms with Gasteiger partial charge in [0.05, 0.1) is 5.56 Å². The van der Waals surface area contributed by atoms with Gasteiger partial charge < -0.3 is 5.73 Å². The quantitative estimate of drug-likeness (QED) is 0.852. The van der Waals surface area contributed by atoms with Crippen LogP contribution in [0.15, 0.2) is 24.3 Å². The van der Waals surface area contributed by atoms with E-state index in [9.17, 15) is 17.6 Å². The summed E-state index contributed by atoms with van der Waals surface area (Å²) in [6, 6.07) is 3.73. The number of benzene rings is 1. The zero-order valence-electron chi connectivity index (χ0n) is 11.4. The van der Waals surface area contributed by atoms with Crippen molar-refractivity contribution in [2.45, 2.75) is 25.9 Å². The Morgan fingerprint density at radius 2 is 1.71 bits per heavy atom. The predicted octanol–water partition coefficient (Wildman–Crippen LogP) is 4.01. The van der Waals surface area contributed by atoms with Crippen LogP contribution in [0.2, 0.25) is 0 Å². The van der Waals surface area contributed by atoms with Crippen molar-refractivity contribution in [1.29, 1.82) is 0 Å². The first-order chi connectivity index (χ1) is 9.66. The minimum atomic E-state index is -4.64.